The highest BCUT2D eigenvalue weighted by Gasteiger charge is 2.27. The number of aromatic nitrogens is 3. The van der Waals surface area contributed by atoms with Crippen LogP contribution in [0.1, 0.15) is 30.7 Å². The summed E-state index contributed by atoms with van der Waals surface area (Å²) in [5, 5.41) is 5.76. The van der Waals surface area contributed by atoms with Gasteiger partial charge in [0.2, 0.25) is 5.91 Å². The van der Waals surface area contributed by atoms with Crippen molar-refractivity contribution in [1.82, 2.24) is 24.4 Å². The van der Waals surface area contributed by atoms with E-state index < -0.39 is 0 Å². The normalized spacial score (nSPS) is 13.9. The molecule has 1 aromatic carbocycles. The Bertz CT molecular complexity index is 1430. The van der Waals surface area contributed by atoms with E-state index in [1.54, 1.807) is 25.4 Å². The van der Waals surface area contributed by atoms with Crippen LogP contribution >= 0.6 is 36.2 Å². The highest BCUT2D eigenvalue weighted by Crippen LogP contribution is 2.44. The molecule has 0 aliphatic carbocycles. The van der Waals surface area contributed by atoms with Crippen LogP contribution in [-0.2, 0) is 22.7 Å². The number of hydrogen-bond donors (Lipinski definition) is 1. The second-order valence-electron chi connectivity index (χ2n) is 9.12. The second kappa shape index (κ2) is 12.5. The minimum atomic E-state index is 0. The van der Waals surface area contributed by atoms with Crippen molar-refractivity contribution in [1.29, 1.82) is 0 Å². The van der Waals surface area contributed by atoms with E-state index in [0.717, 1.165) is 74.8 Å². The number of aryl methyl sites for hydroxylation is 1. The standard InChI is InChI=1S/C26H32N6O3S.2ClH/c1-5-35-14-19-20(13-30-6-8-31(9-7-30)17(3)33)32-24(26(27)28-15-29-32)23(19)22-12-18-10-16(2)11-21(34-4)25(18)36-22;;/h10-12,15H,5-9,13-14H2,1-4H3,(H2,27,28,29);2*1H. The summed E-state index contributed by atoms with van der Waals surface area (Å²) in [4.78, 5) is 21.5. The van der Waals surface area contributed by atoms with Crippen molar-refractivity contribution in [3.8, 4) is 16.2 Å². The van der Waals surface area contributed by atoms with Gasteiger partial charge in [-0.15, -0.1) is 36.2 Å². The van der Waals surface area contributed by atoms with Crippen LogP contribution in [0.4, 0.5) is 5.82 Å². The van der Waals surface area contributed by atoms with E-state index in [9.17, 15) is 4.79 Å². The third kappa shape index (κ3) is 5.55. The number of carbonyl (C=O) groups is 1. The number of piperazine rings is 1. The largest absolute Gasteiger partial charge is 0.495 e. The molecule has 12 heteroatoms. The molecule has 1 aliphatic heterocycles. The molecule has 1 aliphatic rings. The number of amides is 1. The van der Waals surface area contributed by atoms with Gasteiger partial charge in [0.25, 0.3) is 0 Å². The summed E-state index contributed by atoms with van der Waals surface area (Å²) in [5.41, 5.74) is 11.5. The predicted octanol–water partition coefficient (Wildman–Crippen LogP) is 4.55. The number of halogens is 2. The Morgan fingerprint density at radius 2 is 1.89 bits per heavy atom. The number of nitrogens with two attached hydrogens (primary N) is 1. The average Bonchev–Trinajstić information content (AvgIpc) is 3.42. The van der Waals surface area contributed by atoms with Crippen LogP contribution in [0.15, 0.2) is 24.5 Å². The van der Waals surface area contributed by atoms with E-state index in [1.165, 1.54) is 6.33 Å². The van der Waals surface area contributed by atoms with E-state index in [2.05, 4.69) is 40.1 Å². The number of thiophene rings is 1. The Labute approximate surface area is 238 Å². The van der Waals surface area contributed by atoms with Crippen molar-refractivity contribution in [2.24, 2.45) is 0 Å². The minimum absolute atomic E-state index is 0. The molecule has 38 heavy (non-hydrogen) atoms. The Balaban J connectivity index is 0.00000200. The number of rotatable bonds is 7. The van der Waals surface area contributed by atoms with Gasteiger partial charge >= 0.3 is 0 Å². The zero-order chi connectivity index (χ0) is 25.4. The topological polar surface area (TPSA) is 98.2 Å². The van der Waals surface area contributed by atoms with Gasteiger partial charge in [0.15, 0.2) is 5.82 Å². The molecule has 4 heterocycles. The van der Waals surface area contributed by atoms with Crippen LogP contribution in [-0.4, -0.2) is 70.2 Å². The third-order valence-corrected chi connectivity index (χ3v) is 7.98. The van der Waals surface area contributed by atoms with Gasteiger partial charge in [0.05, 0.1) is 24.1 Å². The van der Waals surface area contributed by atoms with Crippen molar-refractivity contribution < 1.29 is 14.3 Å². The molecule has 0 unspecified atom stereocenters. The van der Waals surface area contributed by atoms with Gasteiger partial charge in [-0.25, -0.2) is 9.50 Å². The van der Waals surface area contributed by atoms with Crippen molar-refractivity contribution in [2.75, 3.05) is 45.6 Å². The zero-order valence-corrected chi connectivity index (χ0v) is 24.5. The SMILES string of the molecule is CCOCc1c(-c2cc3cc(C)cc(OC)c3s2)c2c(N)ncnn2c1CN1CCN(C(C)=O)CC1.Cl.Cl. The van der Waals surface area contributed by atoms with Crippen LogP contribution in [0, 0.1) is 6.92 Å². The molecule has 206 valence electrons. The number of hydrogen-bond acceptors (Lipinski definition) is 8. The molecule has 0 atom stereocenters. The van der Waals surface area contributed by atoms with Crippen molar-refractivity contribution in [2.45, 2.75) is 33.9 Å². The number of nitrogen functional groups attached to an aromatic ring is 1. The number of benzene rings is 1. The fourth-order valence-electron chi connectivity index (χ4n) is 4.98. The molecule has 0 spiro atoms. The smallest absolute Gasteiger partial charge is 0.219 e. The van der Waals surface area contributed by atoms with Crippen molar-refractivity contribution in [3.05, 3.63) is 41.3 Å². The summed E-state index contributed by atoms with van der Waals surface area (Å²) in [6.45, 7) is 10.5. The zero-order valence-electron chi connectivity index (χ0n) is 22.0. The second-order valence-corrected chi connectivity index (χ2v) is 10.2. The molecular formula is C26H34Cl2N6O3S. The van der Waals surface area contributed by atoms with Gasteiger partial charge in [-0.3, -0.25) is 9.69 Å². The lowest BCUT2D eigenvalue weighted by Gasteiger charge is -2.34. The van der Waals surface area contributed by atoms with Crippen LogP contribution in [0.25, 0.3) is 26.0 Å². The summed E-state index contributed by atoms with van der Waals surface area (Å²) < 4.78 is 14.7. The first-order valence-corrected chi connectivity index (χ1v) is 13.0. The Morgan fingerprint density at radius 3 is 2.55 bits per heavy atom. The summed E-state index contributed by atoms with van der Waals surface area (Å²) in [5.74, 6) is 1.42. The molecule has 9 nitrogen and oxygen atoms in total. The van der Waals surface area contributed by atoms with E-state index in [1.807, 2.05) is 16.3 Å². The van der Waals surface area contributed by atoms with Crippen LogP contribution in [0.3, 0.4) is 0 Å². The molecule has 0 saturated carbocycles. The quantitative estimate of drug-likeness (QED) is 0.342. The number of methoxy groups -OCH3 is 1. The third-order valence-electron chi connectivity index (χ3n) is 6.80. The molecular weight excluding hydrogens is 547 g/mol. The van der Waals surface area contributed by atoms with Gasteiger partial charge in [-0.05, 0) is 36.9 Å². The number of nitrogens with zero attached hydrogens (tertiary/aromatic N) is 5. The fourth-order valence-corrected chi connectivity index (χ4v) is 6.19. The van der Waals surface area contributed by atoms with E-state index in [0.29, 0.717) is 25.6 Å². The number of carbonyl (C=O) groups excluding carboxylic acids is 1. The predicted molar refractivity (Wildman–Crippen MR) is 157 cm³/mol. The van der Waals surface area contributed by atoms with Crippen molar-refractivity contribution in [3.63, 3.8) is 0 Å². The fraction of sp³-hybridized carbons (Fsp3) is 0.423. The number of anilines is 1. The van der Waals surface area contributed by atoms with E-state index >= 15 is 0 Å². The average molecular weight is 582 g/mol. The first-order chi connectivity index (χ1) is 17.4. The first-order valence-electron chi connectivity index (χ1n) is 12.2. The summed E-state index contributed by atoms with van der Waals surface area (Å²) >= 11 is 1.68. The minimum Gasteiger partial charge on any atom is -0.495 e. The molecule has 1 saturated heterocycles. The highest BCUT2D eigenvalue weighted by atomic mass is 35.5. The lowest BCUT2D eigenvalue weighted by molar-refractivity contribution is -0.130. The highest BCUT2D eigenvalue weighted by molar-refractivity contribution is 7.22. The number of ether oxygens (including phenoxy) is 2. The lowest BCUT2D eigenvalue weighted by Crippen LogP contribution is -2.47. The maximum absolute atomic E-state index is 11.8. The first kappa shape index (κ1) is 29.9. The monoisotopic (exact) mass is 580 g/mol. The van der Waals surface area contributed by atoms with E-state index in [4.69, 9.17) is 15.2 Å². The van der Waals surface area contributed by atoms with Gasteiger partial charge in [0.1, 0.15) is 17.6 Å². The number of fused-ring (bicyclic) bond motifs is 2. The maximum atomic E-state index is 11.8. The summed E-state index contributed by atoms with van der Waals surface area (Å²) in [7, 11) is 1.71. The van der Waals surface area contributed by atoms with Gasteiger partial charge in [0, 0.05) is 62.3 Å². The van der Waals surface area contributed by atoms with Gasteiger partial charge in [-0.1, -0.05) is 6.07 Å². The molecule has 1 amide bonds. The molecule has 0 bridgehead atoms. The van der Waals surface area contributed by atoms with Gasteiger partial charge in [-0.2, -0.15) is 5.10 Å². The van der Waals surface area contributed by atoms with Crippen LogP contribution < -0.4 is 10.5 Å². The molecule has 2 N–H and O–H groups in total. The molecule has 1 fully saturated rings. The molecule has 4 aromatic rings. The Hall–Kier alpha value is -2.63. The van der Waals surface area contributed by atoms with Crippen LogP contribution in [0.2, 0.25) is 0 Å². The molecule has 0 radical (unpaired) electrons. The van der Waals surface area contributed by atoms with E-state index in [-0.39, 0.29) is 30.7 Å². The van der Waals surface area contributed by atoms with Crippen LogP contribution in [0.5, 0.6) is 5.75 Å². The molecule has 3 aromatic heterocycles. The summed E-state index contributed by atoms with van der Waals surface area (Å²) in [6, 6.07) is 6.43. The Kier molecular flexibility index (Phi) is 9.83. The summed E-state index contributed by atoms with van der Waals surface area (Å²) in [6.07, 6.45) is 1.51. The molecule has 5 rings (SSSR count). The van der Waals surface area contributed by atoms with Crippen molar-refractivity contribution >= 4 is 63.5 Å². The Morgan fingerprint density at radius 1 is 1.16 bits per heavy atom. The maximum Gasteiger partial charge on any atom is 0.219 e. The van der Waals surface area contributed by atoms with Gasteiger partial charge < -0.3 is 20.1 Å². The lowest BCUT2D eigenvalue weighted by atomic mass is 10.1.